The van der Waals surface area contributed by atoms with Crippen LogP contribution >= 0.6 is 0 Å². The van der Waals surface area contributed by atoms with Crippen molar-refractivity contribution in [2.45, 2.75) is 0 Å². The Labute approximate surface area is 50.7 Å². The van der Waals surface area contributed by atoms with Crippen LogP contribution in [0.15, 0.2) is 11.3 Å². The zero-order valence-corrected chi connectivity index (χ0v) is 4.57. The minimum absolute atomic E-state index is 0.713. The van der Waals surface area contributed by atoms with Crippen molar-refractivity contribution in [3.8, 4) is 0 Å². The van der Waals surface area contributed by atoms with Gasteiger partial charge >= 0.3 is 5.49 Å². The van der Waals surface area contributed by atoms with Crippen LogP contribution in [0.4, 0.5) is 0 Å². The largest absolute Gasteiger partial charge is 0.325 e. The Hall–Kier alpha value is -1.45. The summed E-state index contributed by atoms with van der Waals surface area (Å²) in [4.78, 5) is 14.5. The molecule has 0 spiro atoms. The first-order valence-corrected chi connectivity index (χ1v) is 2.56. The predicted octanol–water partition coefficient (Wildman–Crippen LogP) is -1.85. The summed E-state index contributed by atoms with van der Waals surface area (Å²) in [6, 6.07) is 0. The van der Waals surface area contributed by atoms with Gasteiger partial charge in [0.25, 0.3) is 6.34 Å². The quantitative estimate of drug-likeness (QED) is 0.429. The van der Waals surface area contributed by atoms with Crippen LogP contribution in [0.2, 0.25) is 0 Å². The maximum absolute atomic E-state index is 3.91. The number of aliphatic imine (C=N–C) groups is 1. The third-order valence-electron chi connectivity index (χ3n) is 1.10. The summed E-state index contributed by atoms with van der Waals surface area (Å²) in [7, 11) is 0. The number of H-pyrrole nitrogens is 1. The highest BCUT2D eigenvalue weighted by molar-refractivity contribution is 5.58. The van der Waals surface area contributed by atoms with Gasteiger partial charge in [0.1, 0.15) is 6.20 Å². The topological polar surface area (TPSA) is 55.1 Å². The van der Waals surface area contributed by atoms with E-state index in [2.05, 4.69) is 20.0 Å². The molecule has 1 N–H and O–H groups in total. The second kappa shape index (κ2) is 1.51. The van der Waals surface area contributed by atoms with Crippen LogP contribution in [0.5, 0.6) is 0 Å². The van der Waals surface area contributed by atoms with Gasteiger partial charge in [-0.1, -0.05) is 9.98 Å². The average molecular weight is 120 g/mol. The maximum atomic E-state index is 3.91. The van der Waals surface area contributed by atoms with Crippen LogP contribution in [0.25, 0.3) is 6.20 Å². The van der Waals surface area contributed by atoms with E-state index in [4.69, 9.17) is 0 Å². The molecule has 2 heterocycles. The lowest BCUT2D eigenvalue weighted by Crippen LogP contribution is -2.31. The van der Waals surface area contributed by atoms with E-state index in [1.165, 1.54) is 6.34 Å². The fourth-order valence-electron chi connectivity index (χ4n) is 0.691. The molecule has 0 aromatic carbocycles. The fourth-order valence-corrected chi connectivity index (χ4v) is 0.691. The van der Waals surface area contributed by atoms with Crippen LogP contribution in [0.3, 0.4) is 0 Å². The van der Waals surface area contributed by atoms with Gasteiger partial charge in [0.2, 0.25) is 0 Å². The highest BCUT2D eigenvalue weighted by atomic mass is 15.0. The first-order valence-electron chi connectivity index (χ1n) is 2.56. The summed E-state index contributed by atoms with van der Waals surface area (Å²) in [5, 5.41) is 0.873. The van der Waals surface area contributed by atoms with Gasteiger partial charge in [-0.2, -0.15) is 0 Å². The van der Waals surface area contributed by atoms with E-state index in [1.807, 2.05) is 0 Å². The van der Waals surface area contributed by atoms with E-state index in [1.54, 1.807) is 12.5 Å². The Kier molecular flexibility index (Phi) is 0.745. The number of nitrogens with one attached hydrogen (secondary N) is 1. The molecule has 9 heavy (non-hydrogen) atoms. The minimum Gasteiger partial charge on any atom is -0.324 e. The molecule has 1 aromatic rings. The Bertz CT molecular complexity index is 313. The molecule has 0 aliphatic carbocycles. The Balaban J connectivity index is 2.99. The lowest BCUT2D eigenvalue weighted by Gasteiger charge is -1.69. The van der Waals surface area contributed by atoms with Gasteiger partial charge in [-0.25, -0.2) is 0 Å². The summed E-state index contributed by atoms with van der Waals surface area (Å²) >= 11 is 0. The average Bonchev–Trinajstić information content (AvgIpc) is 2.33. The minimum atomic E-state index is 0.713. The van der Waals surface area contributed by atoms with Crippen LogP contribution in [0.1, 0.15) is 0 Å². The van der Waals surface area contributed by atoms with Gasteiger partial charge in [-0.3, -0.25) is 0 Å². The van der Waals surface area contributed by atoms with Crippen molar-refractivity contribution in [1.82, 2.24) is 15.0 Å². The summed E-state index contributed by atoms with van der Waals surface area (Å²) in [6.07, 6.45) is 4.76. The van der Waals surface area contributed by atoms with Gasteiger partial charge in [0.15, 0.2) is 11.7 Å². The zero-order valence-electron chi connectivity index (χ0n) is 4.57. The summed E-state index contributed by atoms with van der Waals surface area (Å²) in [5.41, 5.74) is 0.713. The highest BCUT2D eigenvalue weighted by Gasteiger charge is 1.98. The Morgan fingerprint density at radius 2 is 2.56 bits per heavy atom. The SMILES string of the molecule is C1=NC=c2[nH]cnc2=[N+]1. The monoisotopic (exact) mass is 120 g/mol. The van der Waals surface area contributed by atoms with Gasteiger partial charge in [0, 0.05) is 0 Å². The van der Waals surface area contributed by atoms with E-state index in [0.717, 1.165) is 5.35 Å². The zero-order chi connectivity index (χ0) is 6.10. The third-order valence-corrected chi connectivity index (χ3v) is 1.10. The van der Waals surface area contributed by atoms with E-state index < -0.39 is 0 Å². The van der Waals surface area contributed by atoms with E-state index in [9.17, 15) is 0 Å². The molecule has 1 aliphatic rings. The van der Waals surface area contributed by atoms with Crippen molar-refractivity contribution in [2.24, 2.45) is 4.99 Å². The van der Waals surface area contributed by atoms with E-state index >= 15 is 0 Å². The van der Waals surface area contributed by atoms with Crippen molar-refractivity contribution in [1.29, 1.82) is 0 Å². The number of hydrogen-bond donors (Lipinski definition) is 1. The lowest BCUT2D eigenvalue weighted by molar-refractivity contribution is 1.13. The molecule has 0 bridgehead atoms. The van der Waals surface area contributed by atoms with Gasteiger partial charge < -0.3 is 4.98 Å². The van der Waals surface area contributed by atoms with E-state index in [-0.39, 0.29) is 0 Å². The lowest BCUT2D eigenvalue weighted by atomic mass is 10.6. The standard InChI is InChI=1S/C5H4N4/c1-4-5(8-2-6-1)9-3-7-4/h1-3H,(H,7,9)/q+1. The number of rotatable bonds is 0. The summed E-state index contributed by atoms with van der Waals surface area (Å²) in [6.45, 7) is 0. The normalized spacial score (nSPS) is 13.8. The number of aromatic amines is 1. The molecule has 4 nitrogen and oxygen atoms in total. The van der Waals surface area contributed by atoms with Crippen LogP contribution in [-0.2, 0) is 0 Å². The molecule has 4 heteroatoms. The number of aromatic nitrogens is 2. The van der Waals surface area contributed by atoms with Gasteiger partial charge in [0.05, 0.1) is 0 Å². The van der Waals surface area contributed by atoms with Crippen molar-refractivity contribution in [2.75, 3.05) is 0 Å². The van der Waals surface area contributed by atoms with Crippen molar-refractivity contribution in [3.63, 3.8) is 0 Å². The Morgan fingerprint density at radius 3 is 3.44 bits per heavy atom. The van der Waals surface area contributed by atoms with Crippen molar-refractivity contribution in [3.05, 3.63) is 17.2 Å². The third kappa shape index (κ3) is 0.561. The molecule has 0 saturated carbocycles. The maximum Gasteiger partial charge on any atom is 0.325 e. The molecule has 0 fully saturated rings. The van der Waals surface area contributed by atoms with Gasteiger partial charge in [-0.05, 0) is 0 Å². The molecule has 1 aromatic heterocycles. The Morgan fingerprint density at radius 1 is 1.56 bits per heavy atom. The summed E-state index contributed by atoms with van der Waals surface area (Å²) < 4.78 is 0. The molecular weight excluding hydrogens is 116 g/mol. The number of hydrogen-bond acceptors (Lipinski definition) is 3. The molecule has 43 valence electrons. The molecule has 1 aliphatic heterocycles. The molecular formula is C5H4N4+. The van der Waals surface area contributed by atoms with Crippen LogP contribution in [0, 0.1) is 0 Å². The van der Waals surface area contributed by atoms with Crippen molar-refractivity contribution < 1.29 is 0 Å². The molecule has 1 radical (unpaired) electrons. The number of nitrogens with zero attached hydrogens (tertiary/aromatic N) is 3. The molecule has 0 saturated heterocycles. The smallest absolute Gasteiger partial charge is 0.324 e. The molecule has 0 amide bonds. The fraction of sp³-hybridized carbons (Fsp3) is 0. The number of fused-ring (bicyclic) bond motifs is 1. The first-order chi connectivity index (χ1) is 4.47. The second-order valence-electron chi connectivity index (χ2n) is 1.66. The highest BCUT2D eigenvalue weighted by Crippen LogP contribution is 1.64. The number of imidazole rings is 1. The van der Waals surface area contributed by atoms with Crippen LogP contribution in [-0.4, -0.2) is 16.3 Å². The first kappa shape index (κ1) is 4.43. The second-order valence-corrected chi connectivity index (χ2v) is 1.66. The van der Waals surface area contributed by atoms with E-state index in [0.29, 0.717) is 5.49 Å². The molecule has 0 atom stereocenters. The molecule has 2 rings (SSSR count). The van der Waals surface area contributed by atoms with Crippen molar-refractivity contribution >= 4 is 12.5 Å². The summed E-state index contributed by atoms with van der Waals surface area (Å²) in [5.74, 6) is 0. The molecule has 0 unspecified atom stereocenters. The van der Waals surface area contributed by atoms with Crippen LogP contribution < -0.4 is 15.8 Å². The predicted molar refractivity (Wildman–Crippen MR) is 32.0 cm³/mol. The van der Waals surface area contributed by atoms with Gasteiger partial charge in [-0.15, -0.1) is 4.99 Å².